The van der Waals surface area contributed by atoms with Crippen LogP contribution in [0.25, 0.3) is 28.2 Å². The van der Waals surface area contributed by atoms with Gasteiger partial charge in [-0.3, -0.25) is 9.69 Å². The lowest BCUT2D eigenvalue weighted by molar-refractivity contribution is 0.0383. The first-order chi connectivity index (χ1) is 15.8. The van der Waals surface area contributed by atoms with Gasteiger partial charge in [0, 0.05) is 43.4 Å². The SMILES string of the molecule is O=C(NCCN1CCOCC1)c1cc(-c2ccccc2)nc2cc(-c3ccccc3)nn12. The fourth-order valence-electron chi connectivity index (χ4n) is 3.89. The van der Waals surface area contributed by atoms with Gasteiger partial charge in [-0.2, -0.15) is 5.10 Å². The summed E-state index contributed by atoms with van der Waals surface area (Å²) in [6.07, 6.45) is 0. The van der Waals surface area contributed by atoms with Gasteiger partial charge in [0.2, 0.25) is 0 Å². The van der Waals surface area contributed by atoms with Crippen LogP contribution in [-0.2, 0) is 4.74 Å². The number of benzene rings is 2. The van der Waals surface area contributed by atoms with Crippen LogP contribution in [0.4, 0.5) is 0 Å². The molecular formula is C25H25N5O2. The number of carbonyl (C=O) groups excluding carboxylic acids is 1. The normalized spacial score (nSPS) is 14.5. The van der Waals surface area contributed by atoms with E-state index in [1.165, 1.54) is 0 Å². The topological polar surface area (TPSA) is 71.8 Å². The molecule has 1 amide bonds. The number of rotatable bonds is 6. The number of morpholine rings is 1. The summed E-state index contributed by atoms with van der Waals surface area (Å²) in [6, 6.07) is 23.5. The van der Waals surface area contributed by atoms with Gasteiger partial charge in [0.1, 0.15) is 5.69 Å². The Morgan fingerprint density at radius 3 is 2.25 bits per heavy atom. The molecular weight excluding hydrogens is 402 g/mol. The fourth-order valence-corrected chi connectivity index (χ4v) is 3.89. The Bertz CT molecular complexity index is 1200. The predicted molar refractivity (Wildman–Crippen MR) is 123 cm³/mol. The number of amides is 1. The molecule has 1 N–H and O–H groups in total. The molecule has 1 aliphatic rings. The molecule has 7 nitrogen and oxygen atoms in total. The van der Waals surface area contributed by atoms with Crippen LogP contribution < -0.4 is 5.32 Å². The molecule has 32 heavy (non-hydrogen) atoms. The van der Waals surface area contributed by atoms with Gasteiger partial charge >= 0.3 is 0 Å². The highest BCUT2D eigenvalue weighted by atomic mass is 16.5. The maximum absolute atomic E-state index is 13.2. The van der Waals surface area contributed by atoms with Gasteiger partial charge in [-0.05, 0) is 6.07 Å². The first-order valence-corrected chi connectivity index (χ1v) is 10.9. The van der Waals surface area contributed by atoms with E-state index >= 15 is 0 Å². The van der Waals surface area contributed by atoms with Gasteiger partial charge < -0.3 is 10.1 Å². The third kappa shape index (κ3) is 4.39. The summed E-state index contributed by atoms with van der Waals surface area (Å²) in [5, 5.41) is 7.76. The first kappa shape index (κ1) is 20.4. The fraction of sp³-hybridized carbons (Fsp3) is 0.240. The standard InChI is InChI=1S/C25H25N5O2/c31-25(26-11-12-29-13-15-32-16-14-29)23-17-21(19-7-3-1-4-8-19)27-24-18-22(28-30(23)24)20-9-5-2-6-10-20/h1-10,17-18H,11-16H2,(H,26,31). The highest BCUT2D eigenvalue weighted by Gasteiger charge is 2.18. The molecule has 4 aromatic rings. The number of ether oxygens (including phenoxy) is 1. The number of nitrogens with one attached hydrogen (secondary N) is 1. The summed E-state index contributed by atoms with van der Waals surface area (Å²) in [5.74, 6) is -0.162. The molecule has 0 unspecified atom stereocenters. The van der Waals surface area contributed by atoms with Crippen molar-refractivity contribution < 1.29 is 9.53 Å². The van der Waals surface area contributed by atoms with E-state index in [1.54, 1.807) is 4.52 Å². The number of nitrogens with zero attached hydrogens (tertiary/aromatic N) is 4. The quantitative estimate of drug-likeness (QED) is 0.512. The minimum atomic E-state index is -0.162. The molecule has 1 saturated heterocycles. The van der Waals surface area contributed by atoms with Crippen LogP contribution in [0.15, 0.2) is 72.8 Å². The second kappa shape index (κ2) is 9.30. The third-order valence-corrected chi connectivity index (χ3v) is 5.62. The van der Waals surface area contributed by atoms with E-state index in [4.69, 9.17) is 14.8 Å². The summed E-state index contributed by atoms with van der Waals surface area (Å²) in [7, 11) is 0. The zero-order valence-corrected chi connectivity index (χ0v) is 17.8. The van der Waals surface area contributed by atoms with Crippen molar-refractivity contribution in [2.45, 2.75) is 0 Å². The van der Waals surface area contributed by atoms with Crippen LogP contribution in [0.3, 0.4) is 0 Å². The van der Waals surface area contributed by atoms with E-state index in [-0.39, 0.29) is 5.91 Å². The zero-order valence-electron chi connectivity index (χ0n) is 17.8. The molecule has 1 fully saturated rings. The van der Waals surface area contributed by atoms with Crippen molar-refractivity contribution >= 4 is 11.6 Å². The van der Waals surface area contributed by atoms with Crippen molar-refractivity contribution in [2.24, 2.45) is 0 Å². The highest BCUT2D eigenvalue weighted by Crippen LogP contribution is 2.23. The first-order valence-electron chi connectivity index (χ1n) is 10.9. The highest BCUT2D eigenvalue weighted by molar-refractivity contribution is 5.94. The lowest BCUT2D eigenvalue weighted by Gasteiger charge is -2.26. The number of carbonyl (C=O) groups is 1. The van der Waals surface area contributed by atoms with Crippen LogP contribution in [-0.4, -0.2) is 64.8 Å². The molecule has 0 spiro atoms. The van der Waals surface area contributed by atoms with Gasteiger partial charge in [0.15, 0.2) is 5.65 Å². The number of hydrogen-bond donors (Lipinski definition) is 1. The number of fused-ring (bicyclic) bond motifs is 1. The average molecular weight is 428 g/mol. The van der Waals surface area contributed by atoms with Crippen molar-refractivity contribution in [3.8, 4) is 22.5 Å². The Hall–Kier alpha value is -3.55. The van der Waals surface area contributed by atoms with Crippen molar-refractivity contribution in [3.05, 3.63) is 78.5 Å². The van der Waals surface area contributed by atoms with Crippen molar-refractivity contribution in [3.63, 3.8) is 0 Å². The summed E-state index contributed by atoms with van der Waals surface area (Å²) in [4.78, 5) is 20.3. The molecule has 0 radical (unpaired) electrons. The molecule has 0 bridgehead atoms. The Morgan fingerprint density at radius 1 is 0.906 bits per heavy atom. The summed E-state index contributed by atoms with van der Waals surface area (Å²) in [5.41, 5.74) is 4.58. The monoisotopic (exact) mass is 427 g/mol. The van der Waals surface area contributed by atoms with E-state index < -0.39 is 0 Å². The lowest BCUT2D eigenvalue weighted by Crippen LogP contribution is -2.41. The molecule has 0 saturated carbocycles. The van der Waals surface area contributed by atoms with Crippen molar-refractivity contribution in [2.75, 3.05) is 39.4 Å². The average Bonchev–Trinajstić information content (AvgIpc) is 3.29. The van der Waals surface area contributed by atoms with Crippen molar-refractivity contribution in [1.82, 2.24) is 24.8 Å². The maximum atomic E-state index is 13.2. The van der Waals surface area contributed by atoms with Crippen molar-refractivity contribution in [1.29, 1.82) is 0 Å². The largest absolute Gasteiger partial charge is 0.379 e. The Kier molecular flexibility index (Phi) is 5.91. The second-order valence-corrected chi connectivity index (χ2v) is 7.77. The smallest absolute Gasteiger partial charge is 0.270 e. The van der Waals surface area contributed by atoms with E-state index in [9.17, 15) is 4.79 Å². The molecule has 162 valence electrons. The van der Waals surface area contributed by atoms with Gasteiger partial charge in [-0.25, -0.2) is 9.50 Å². The summed E-state index contributed by atoms with van der Waals surface area (Å²) in [6.45, 7) is 4.64. The van der Waals surface area contributed by atoms with Crippen LogP contribution >= 0.6 is 0 Å². The van der Waals surface area contributed by atoms with Crippen LogP contribution in [0.1, 0.15) is 10.5 Å². The van der Waals surface area contributed by atoms with Gasteiger partial charge in [0.05, 0.1) is 24.6 Å². The molecule has 0 aliphatic carbocycles. The Balaban J connectivity index is 1.47. The minimum Gasteiger partial charge on any atom is -0.379 e. The Labute approximate surface area is 186 Å². The van der Waals surface area contributed by atoms with Crippen LogP contribution in [0.5, 0.6) is 0 Å². The van der Waals surface area contributed by atoms with E-state index in [0.717, 1.165) is 55.4 Å². The van der Waals surface area contributed by atoms with E-state index in [0.29, 0.717) is 17.9 Å². The molecule has 3 heterocycles. The van der Waals surface area contributed by atoms with Gasteiger partial charge in [-0.15, -0.1) is 0 Å². The lowest BCUT2D eigenvalue weighted by atomic mass is 10.1. The Morgan fingerprint density at radius 2 is 1.56 bits per heavy atom. The molecule has 1 aliphatic heterocycles. The zero-order chi connectivity index (χ0) is 21.8. The number of aromatic nitrogens is 3. The minimum absolute atomic E-state index is 0.162. The van der Waals surface area contributed by atoms with Gasteiger partial charge in [-0.1, -0.05) is 60.7 Å². The van der Waals surface area contributed by atoms with E-state index in [2.05, 4.69) is 10.2 Å². The molecule has 0 atom stereocenters. The molecule has 7 heteroatoms. The summed E-state index contributed by atoms with van der Waals surface area (Å²) >= 11 is 0. The van der Waals surface area contributed by atoms with E-state index in [1.807, 2.05) is 72.8 Å². The molecule has 2 aromatic carbocycles. The summed E-state index contributed by atoms with van der Waals surface area (Å²) < 4.78 is 7.03. The second-order valence-electron chi connectivity index (χ2n) is 7.77. The van der Waals surface area contributed by atoms with Crippen LogP contribution in [0.2, 0.25) is 0 Å². The maximum Gasteiger partial charge on any atom is 0.270 e. The van der Waals surface area contributed by atoms with Gasteiger partial charge in [0.25, 0.3) is 5.91 Å². The number of hydrogen-bond acceptors (Lipinski definition) is 5. The van der Waals surface area contributed by atoms with Crippen LogP contribution in [0, 0.1) is 0 Å². The molecule has 2 aromatic heterocycles. The predicted octanol–water partition coefficient (Wildman–Crippen LogP) is 3.13. The third-order valence-electron chi connectivity index (χ3n) is 5.62. The molecule has 5 rings (SSSR count).